The van der Waals surface area contributed by atoms with E-state index < -0.39 is 5.60 Å². The van der Waals surface area contributed by atoms with Crippen LogP contribution in [0.25, 0.3) is 11.3 Å². The number of hydrogen-bond acceptors (Lipinski definition) is 3. The summed E-state index contributed by atoms with van der Waals surface area (Å²) in [5, 5.41) is 0.688. The number of nitrogens with zero attached hydrogens (tertiary/aromatic N) is 2. The van der Waals surface area contributed by atoms with Crippen molar-refractivity contribution in [2.75, 3.05) is 0 Å². The smallest absolute Gasteiger partial charge is 0.411 e. The highest BCUT2D eigenvalue weighted by molar-refractivity contribution is 9.10. The minimum atomic E-state index is -0.507. The summed E-state index contributed by atoms with van der Waals surface area (Å²) in [7, 11) is 0. The number of rotatable bonds is 2. The van der Waals surface area contributed by atoms with Crippen LogP contribution in [0.2, 0.25) is 5.02 Å². The lowest BCUT2D eigenvalue weighted by Crippen LogP contribution is -2.38. The van der Waals surface area contributed by atoms with Crippen LogP contribution < -0.4 is 0 Å². The highest BCUT2D eigenvalue weighted by atomic mass is 79.9. The number of aromatic nitrogens is 2. The first-order chi connectivity index (χ1) is 12.2. The van der Waals surface area contributed by atoms with Gasteiger partial charge in [0.25, 0.3) is 0 Å². The molecule has 1 saturated heterocycles. The van der Waals surface area contributed by atoms with Crippen LogP contribution in [-0.2, 0) is 4.74 Å². The quantitative estimate of drug-likeness (QED) is 0.667. The van der Waals surface area contributed by atoms with E-state index in [4.69, 9.17) is 21.3 Å². The van der Waals surface area contributed by atoms with Crippen molar-refractivity contribution in [3.8, 4) is 11.3 Å². The molecule has 1 aromatic carbocycles. The zero-order valence-corrected chi connectivity index (χ0v) is 17.3. The fourth-order valence-corrected chi connectivity index (χ4v) is 4.25. The van der Waals surface area contributed by atoms with Gasteiger partial charge in [-0.2, -0.15) is 0 Å². The lowest BCUT2D eigenvalue weighted by Gasteiger charge is -2.29. The van der Waals surface area contributed by atoms with E-state index in [1.807, 2.05) is 49.9 Å². The van der Waals surface area contributed by atoms with Gasteiger partial charge in [0.2, 0.25) is 0 Å². The molecule has 2 aromatic rings. The number of H-pyrrole nitrogens is 1. The van der Waals surface area contributed by atoms with Gasteiger partial charge in [0.15, 0.2) is 0 Å². The number of nitrogens with one attached hydrogen (secondary N) is 1. The highest BCUT2D eigenvalue weighted by Gasteiger charge is 2.56. The molecule has 26 heavy (non-hydrogen) atoms. The Hall–Kier alpha value is -1.53. The number of halogens is 2. The Balaban J connectivity index is 1.62. The zero-order valence-electron chi connectivity index (χ0n) is 14.9. The molecule has 2 heterocycles. The third-order valence-electron chi connectivity index (χ3n) is 4.82. The molecule has 3 atom stereocenters. The first kappa shape index (κ1) is 17.9. The average Bonchev–Trinajstić information content (AvgIpc) is 3.02. The van der Waals surface area contributed by atoms with Crippen LogP contribution in [-0.4, -0.2) is 32.6 Å². The number of piperidine rings is 1. The molecule has 138 valence electrons. The lowest BCUT2D eigenvalue weighted by molar-refractivity contribution is 0.0175. The maximum absolute atomic E-state index is 12.7. The normalized spacial score (nSPS) is 24.5. The van der Waals surface area contributed by atoms with Crippen molar-refractivity contribution in [1.82, 2.24) is 14.9 Å². The summed E-state index contributed by atoms with van der Waals surface area (Å²) in [4.78, 5) is 22.7. The van der Waals surface area contributed by atoms with Gasteiger partial charge in [-0.1, -0.05) is 23.7 Å². The van der Waals surface area contributed by atoms with E-state index in [1.165, 1.54) is 0 Å². The molecule has 1 unspecified atom stereocenters. The molecule has 0 bridgehead atoms. The van der Waals surface area contributed by atoms with E-state index in [0.29, 0.717) is 10.9 Å². The summed E-state index contributed by atoms with van der Waals surface area (Å²) in [6, 6.07) is 7.75. The van der Waals surface area contributed by atoms with Gasteiger partial charge in [-0.05, 0) is 67.6 Å². The minimum Gasteiger partial charge on any atom is -0.444 e. The molecule has 1 amide bonds. The lowest BCUT2D eigenvalue weighted by atomic mass is 10.1. The molecule has 2 aliphatic rings. The molecule has 4 rings (SSSR count). The molecule has 1 aliphatic heterocycles. The maximum Gasteiger partial charge on any atom is 0.411 e. The molecule has 1 saturated carbocycles. The largest absolute Gasteiger partial charge is 0.444 e. The third-order valence-corrected chi connectivity index (χ3v) is 5.65. The number of aromatic amines is 1. The van der Waals surface area contributed by atoms with Gasteiger partial charge in [0, 0.05) is 16.6 Å². The topological polar surface area (TPSA) is 58.2 Å². The van der Waals surface area contributed by atoms with E-state index in [1.54, 1.807) is 0 Å². The van der Waals surface area contributed by atoms with E-state index in [9.17, 15) is 4.79 Å². The van der Waals surface area contributed by atoms with Crippen molar-refractivity contribution in [3.05, 3.63) is 39.7 Å². The van der Waals surface area contributed by atoms with E-state index >= 15 is 0 Å². The van der Waals surface area contributed by atoms with Crippen molar-refractivity contribution in [2.45, 2.75) is 51.3 Å². The fourth-order valence-electron chi connectivity index (χ4n) is 3.60. The zero-order chi connectivity index (χ0) is 18.6. The van der Waals surface area contributed by atoms with Crippen LogP contribution in [0.3, 0.4) is 0 Å². The van der Waals surface area contributed by atoms with Crippen molar-refractivity contribution >= 4 is 33.6 Å². The third kappa shape index (κ3) is 3.37. The number of carbonyl (C=O) groups is 1. The average molecular weight is 439 g/mol. The van der Waals surface area contributed by atoms with Crippen molar-refractivity contribution in [1.29, 1.82) is 0 Å². The van der Waals surface area contributed by atoms with Crippen LogP contribution in [0, 0.1) is 5.92 Å². The molecule has 2 fully saturated rings. The second kappa shape index (κ2) is 6.27. The molecule has 0 radical (unpaired) electrons. The van der Waals surface area contributed by atoms with Gasteiger partial charge in [0.05, 0.1) is 6.04 Å². The predicted octanol–water partition coefficient (Wildman–Crippen LogP) is 5.56. The van der Waals surface area contributed by atoms with E-state index in [0.717, 1.165) is 34.5 Å². The molecule has 0 spiro atoms. The summed E-state index contributed by atoms with van der Waals surface area (Å²) in [6.07, 6.45) is 1.72. The van der Waals surface area contributed by atoms with Crippen LogP contribution in [0.4, 0.5) is 4.79 Å². The Labute approximate surface area is 166 Å². The van der Waals surface area contributed by atoms with Gasteiger partial charge in [-0.25, -0.2) is 9.78 Å². The van der Waals surface area contributed by atoms with Crippen molar-refractivity contribution < 1.29 is 9.53 Å². The van der Waals surface area contributed by atoms with E-state index in [-0.39, 0.29) is 18.2 Å². The van der Waals surface area contributed by atoms with Crippen LogP contribution >= 0.6 is 27.5 Å². The fraction of sp³-hybridized carbons (Fsp3) is 0.474. The molecule has 5 nitrogen and oxygen atoms in total. The Kier molecular flexibility index (Phi) is 4.31. The van der Waals surface area contributed by atoms with Crippen molar-refractivity contribution in [2.24, 2.45) is 5.92 Å². The number of ether oxygens (including phenoxy) is 1. The van der Waals surface area contributed by atoms with Crippen LogP contribution in [0.5, 0.6) is 0 Å². The number of likely N-dealkylation sites (tertiary alicyclic amines) is 1. The molecule has 1 N–H and O–H groups in total. The van der Waals surface area contributed by atoms with Crippen LogP contribution in [0.15, 0.2) is 28.9 Å². The standard InChI is InChI=1S/C19H21BrClN3O2/c1-19(2,3)26-18(25)24-13-8-11(13)9-14(24)17-22-15(16(20)23-17)10-4-6-12(21)7-5-10/h4-7,11,13-14H,8-9H2,1-3H3,(H,22,23)/t11-,13-,14?/m1/s1. The predicted molar refractivity (Wildman–Crippen MR) is 104 cm³/mol. The van der Waals surface area contributed by atoms with Gasteiger partial charge in [-0.3, -0.25) is 4.90 Å². The maximum atomic E-state index is 12.7. The number of carbonyl (C=O) groups excluding carboxylic acids is 1. The number of amides is 1. The number of imidazole rings is 1. The first-order valence-electron chi connectivity index (χ1n) is 8.75. The summed E-state index contributed by atoms with van der Waals surface area (Å²) in [5.41, 5.74) is 1.28. The SMILES string of the molecule is CC(C)(C)OC(=O)N1C(c2nc(-c3ccc(Cl)cc3)c(Br)[nH]2)C[C@H]2C[C@H]21. The molecule has 7 heteroatoms. The van der Waals surface area contributed by atoms with Gasteiger partial charge in [0.1, 0.15) is 21.7 Å². The monoisotopic (exact) mass is 437 g/mol. The molecule has 1 aromatic heterocycles. The van der Waals surface area contributed by atoms with E-state index in [2.05, 4.69) is 20.9 Å². The Morgan fingerprint density at radius 1 is 1.31 bits per heavy atom. The summed E-state index contributed by atoms with van der Waals surface area (Å²) in [5.74, 6) is 1.34. The van der Waals surface area contributed by atoms with Gasteiger partial charge in [-0.15, -0.1) is 0 Å². The minimum absolute atomic E-state index is 0.0778. The number of hydrogen-bond donors (Lipinski definition) is 1. The Morgan fingerprint density at radius 3 is 2.65 bits per heavy atom. The van der Waals surface area contributed by atoms with Gasteiger partial charge >= 0.3 is 6.09 Å². The molecule has 1 aliphatic carbocycles. The summed E-state index contributed by atoms with van der Waals surface area (Å²) in [6.45, 7) is 5.67. The number of fused-ring (bicyclic) bond motifs is 1. The second-order valence-corrected chi connectivity index (χ2v) is 9.22. The first-order valence-corrected chi connectivity index (χ1v) is 9.92. The Bertz CT molecular complexity index is 843. The number of benzene rings is 1. The molecular weight excluding hydrogens is 418 g/mol. The van der Waals surface area contributed by atoms with Crippen molar-refractivity contribution in [3.63, 3.8) is 0 Å². The van der Waals surface area contributed by atoms with Gasteiger partial charge < -0.3 is 9.72 Å². The Morgan fingerprint density at radius 2 is 2.00 bits per heavy atom. The highest BCUT2D eigenvalue weighted by Crippen LogP contribution is 2.53. The summed E-state index contributed by atoms with van der Waals surface area (Å²) >= 11 is 9.54. The summed E-state index contributed by atoms with van der Waals surface area (Å²) < 4.78 is 6.43. The molecular formula is C19H21BrClN3O2. The van der Waals surface area contributed by atoms with Crippen LogP contribution in [0.1, 0.15) is 45.5 Å². The second-order valence-electron chi connectivity index (χ2n) is 7.99.